The molecule has 0 saturated carbocycles. The second-order valence-corrected chi connectivity index (χ2v) is 5.57. The number of alkyl halides is 3. The molecule has 118 valence electrons. The third-order valence-electron chi connectivity index (χ3n) is 4.17. The Hall–Kier alpha value is -1.30. The lowest BCUT2D eigenvalue weighted by Crippen LogP contribution is -2.42. The molecule has 0 radical (unpaired) electrons. The number of pyridine rings is 1. The molecule has 1 saturated heterocycles. The smallest absolute Gasteiger partial charge is 0.357 e. The maximum Gasteiger partial charge on any atom is 0.417 e. The van der Waals surface area contributed by atoms with Gasteiger partial charge in [-0.15, -0.1) is 0 Å². The largest absolute Gasteiger partial charge is 0.417 e. The molecule has 0 aliphatic carbocycles. The predicted molar refractivity (Wildman–Crippen MR) is 77.3 cm³/mol. The number of halogens is 3. The number of piperidine rings is 1. The van der Waals surface area contributed by atoms with Crippen LogP contribution in [0.2, 0.25) is 0 Å². The zero-order valence-corrected chi connectivity index (χ0v) is 12.5. The van der Waals surface area contributed by atoms with Gasteiger partial charge < -0.3 is 10.2 Å². The number of anilines is 1. The van der Waals surface area contributed by atoms with E-state index in [9.17, 15) is 13.2 Å². The Morgan fingerprint density at radius 2 is 2.00 bits per heavy atom. The number of nitrogens with one attached hydrogen (secondary N) is 1. The minimum absolute atomic E-state index is 0.484. The Morgan fingerprint density at radius 1 is 1.33 bits per heavy atom. The maximum atomic E-state index is 12.5. The minimum atomic E-state index is -4.32. The summed E-state index contributed by atoms with van der Waals surface area (Å²) < 4.78 is 37.5. The molecule has 0 bridgehead atoms. The molecule has 2 heterocycles. The normalized spacial score (nSPS) is 18.8. The summed E-state index contributed by atoms with van der Waals surface area (Å²) >= 11 is 0. The van der Waals surface area contributed by atoms with Gasteiger partial charge in [-0.1, -0.05) is 6.92 Å². The van der Waals surface area contributed by atoms with Crippen LogP contribution in [-0.2, 0) is 6.18 Å². The fraction of sp³-hybridized carbons (Fsp3) is 0.667. The predicted octanol–water partition coefficient (Wildman–Crippen LogP) is 3.31. The van der Waals surface area contributed by atoms with Crippen LogP contribution in [-0.4, -0.2) is 30.7 Å². The second kappa shape index (κ2) is 6.64. The maximum absolute atomic E-state index is 12.5. The van der Waals surface area contributed by atoms with Crippen LogP contribution < -0.4 is 10.2 Å². The molecule has 3 nitrogen and oxygen atoms in total. The SMILES string of the molecule is CCNC(C)C1CCN(c2ccc(C(F)(F)F)cn2)CC1. The van der Waals surface area contributed by atoms with Crippen LogP contribution in [0.25, 0.3) is 0 Å². The van der Waals surface area contributed by atoms with E-state index < -0.39 is 11.7 Å². The first-order valence-electron chi connectivity index (χ1n) is 7.43. The van der Waals surface area contributed by atoms with Crippen molar-refractivity contribution in [1.29, 1.82) is 0 Å². The van der Waals surface area contributed by atoms with Gasteiger partial charge in [-0.3, -0.25) is 0 Å². The van der Waals surface area contributed by atoms with E-state index >= 15 is 0 Å². The Labute approximate surface area is 123 Å². The van der Waals surface area contributed by atoms with Crippen molar-refractivity contribution in [3.63, 3.8) is 0 Å². The van der Waals surface area contributed by atoms with Crippen molar-refractivity contribution < 1.29 is 13.2 Å². The lowest BCUT2D eigenvalue weighted by molar-refractivity contribution is -0.137. The molecular formula is C15H22F3N3. The number of hydrogen-bond donors (Lipinski definition) is 1. The highest BCUT2D eigenvalue weighted by molar-refractivity contribution is 5.40. The van der Waals surface area contributed by atoms with Gasteiger partial charge in [0.15, 0.2) is 0 Å². The van der Waals surface area contributed by atoms with Crippen LogP contribution in [0.15, 0.2) is 18.3 Å². The molecule has 1 aliphatic rings. The summed E-state index contributed by atoms with van der Waals surface area (Å²) in [6.45, 7) is 6.94. The van der Waals surface area contributed by atoms with Crippen molar-refractivity contribution in [2.75, 3.05) is 24.5 Å². The van der Waals surface area contributed by atoms with Gasteiger partial charge in [-0.2, -0.15) is 13.2 Å². The molecule has 0 amide bonds. The van der Waals surface area contributed by atoms with Gasteiger partial charge in [-0.25, -0.2) is 4.98 Å². The molecule has 1 atom stereocenters. The van der Waals surface area contributed by atoms with Crippen LogP contribution in [0.4, 0.5) is 19.0 Å². The van der Waals surface area contributed by atoms with Gasteiger partial charge in [0.2, 0.25) is 0 Å². The number of hydrogen-bond acceptors (Lipinski definition) is 3. The van der Waals surface area contributed by atoms with Crippen LogP contribution in [0, 0.1) is 5.92 Å². The zero-order valence-electron chi connectivity index (χ0n) is 12.5. The molecule has 2 rings (SSSR count). The number of rotatable bonds is 4. The molecule has 1 N–H and O–H groups in total. The van der Waals surface area contributed by atoms with E-state index in [2.05, 4.69) is 29.0 Å². The van der Waals surface area contributed by atoms with E-state index in [4.69, 9.17) is 0 Å². The third-order valence-corrected chi connectivity index (χ3v) is 4.17. The summed E-state index contributed by atoms with van der Waals surface area (Å²) in [4.78, 5) is 6.03. The van der Waals surface area contributed by atoms with E-state index in [0.717, 1.165) is 44.7 Å². The standard InChI is InChI=1S/C15H22F3N3/c1-3-19-11(2)12-6-8-21(9-7-12)14-5-4-13(10-20-14)15(16,17)18/h4-5,10-12,19H,3,6-9H2,1-2H3. The third kappa shape index (κ3) is 4.09. The Bertz CT molecular complexity index is 436. The second-order valence-electron chi connectivity index (χ2n) is 5.57. The van der Waals surface area contributed by atoms with Gasteiger partial charge in [0.25, 0.3) is 0 Å². The first kappa shape index (κ1) is 16.1. The van der Waals surface area contributed by atoms with Crippen molar-refractivity contribution in [3.05, 3.63) is 23.9 Å². The van der Waals surface area contributed by atoms with Crippen molar-refractivity contribution >= 4 is 5.82 Å². The highest BCUT2D eigenvalue weighted by Crippen LogP contribution is 2.30. The van der Waals surface area contributed by atoms with Crippen LogP contribution in [0.3, 0.4) is 0 Å². The lowest BCUT2D eigenvalue weighted by Gasteiger charge is -2.35. The monoisotopic (exact) mass is 301 g/mol. The zero-order chi connectivity index (χ0) is 15.5. The Kier molecular flexibility index (Phi) is 5.08. The molecule has 1 aromatic heterocycles. The lowest BCUT2D eigenvalue weighted by atomic mass is 9.90. The van der Waals surface area contributed by atoms with Crippen molar-refractivity contribution in [2.45, 2.75) is 38.9 Å². The highest BCUT2D eigenvalue weighted by Gasteiger charge is 2.31. The van der Waals surface area contributed by atoms with Crippen molar-refractivity contribution in [3.8, 4) is 0 Å². The van der Waals surface area contributed by atoms with Crippen LogP contribution in [0.1, 0.15) is 32.3 Å². The first-order chi connectivity index (χ1) is 9.91. The summed E-state index contributed by atoms with van der Waals surface area (Å²) in [5.41, 5.74) is -0.693. The quantitative estimate of drug-likeness (QED) is 0.925. The van der Waals surface area contributed by atoms with E-state index in [1.165, 1.54) is 6.07 Å². The molecule has 21 heavy (non-hydrogen) atoms. The minimum Gasteiger partial charge on any atom is -0.357 e. The number of aromatic nitrogens is 1. The molecular weight excluding hydrogens is 279 g/mol. The summed E-state index contributed by atoms with van der Waals surface area (Å²) in [6, 6.07) is 3.06. The van der Waals surface area contributed by atoms with Crippen molar-refractivity contribution in [1.82, 2.24) is 10.3 Å². The average molecular weight is 301 g/mol. The van der Waals surface area contributed by atoms with Gasteiger partial charge in [0, 0.05) is 25.3 Å². The number of nitrogens with zero attached hydrogens (tertiary/aromatic N) is 2. The Balaban J connectivity index is 1.93. The summed E-state index contributed by atoms with van der Waals surface area (Å²) in [6.07, 6.45) is -1.32. The topological polar surface area (TPSA) is 28.2 Å². The Morgan fingerprint density at radius 3 is 2.48 bits per heavy atom. The van der Waals surface area contributed by atoms with Gasteiger partial charge >= 0.3 is 6.18 Å². The van der Waals surface area contributed by atoms with E-state index in [-0.39, 0.29) is 0 Å². The van der Waals surface area contributed by atoms with Crippen LogP contribution in [0.5, 0.6) is 0 Å². The van der Waals surface area contributed by atoms with Crippen LogP contribution >= 0.6 is 0 Å². The molecule has 1 aromatic rings. The highest BCUT2D eigenvalue weighted by atomic mass is 19.4. The summed E-state index contributed by atoms with van der Waals surface area (Å²) in [7, 11) is 0. The molecule has 1 aliphatic heterocycles. The molecule has 0 spiro atoms. The van der Waals surface area contributed by atoms with Crippen molar-refractivity contribution in [2.24, 2.45) is 5.92 Å². The van der Waals surface area contributed by atoms with Gasteiger partial charge in [0.1, 0.15) is 5.82 Å². The summed E-state index contributed by atoms with van der Waals surface area (Å²) in [5, 5.41) is 3.43. The first-order valence-corrected chi connectivity index (χ1v) is 7.43. The average Bonchev–Trinajstić information content (AvgIpc) is 2.47. The molecule has 0 aromatic carbocycles. The molecule has 1 unspecified atom stereocenters. The fourth-order valence-corrected chi connectivity index (χ4v) is 2.86. The molecule has 6 heteroatoms. The summed E-state index contributed by atoms with van der Waals surface area (Å²) in [5.74, 6) is 1.26. The van der Waals surface area contributed by atoms with E-state index in [0.29, 0.717) is 17.8 Å². The molecule has 1 fully saturated rings. The van der Waals surface area contributed by atoms with E-state index in [1.54, 1.807) is 0 Å². The fourth-order valence-electron chi connectivity index (χ4n) is 2.86. The van der Waals surface area contributed by atoms with Gasteiger partial charge in [-0.05, 0) is 44.4 Å². The van der Waals surface area contributed by atoms with Gasteiger partial charge in [0.05, 0.1) is 5.56 Å². The van der Waals surface area contributed by atoms with E-state index in [1.807, 2.05) is 0 Å².